The number of carbonyl (C=O) groups excluding carboxylic acids is 1. The second-order valence-corrected chi connectivity index (χ2v) is 6.15. The summed E-state index contributed by atoms with van der Waals surface area (Å²) in [6, 6.07) is 15.9. The molecule has 3 rings (SSSR count). The Hall–Kier alpha value is -3.38. The van der Waals surface area contributed by atoms with Gasteiger partial charge in [0.2, 0.25) is 17.1 Å². The first-order valence-electron chi connectivity index (χ1n) is 8.43. The number of aryl methyl sites for hydroxylation is 2. The maximum absolute atomic E-state index is 11.6. The number of carbonyl (C=O) groups is 1. The normalized spacial score (nSPS) is 10.7. The van der Waals surface area contributed by atoms with Crippen molar-refractivity contribution in [3.05, 3.63) is 87.5 Å². The van der Waals surface area contributed by atoms with Crippen molar-refractivity contribution < 1.29 is 19.4 Å². The Morgan fingerprint density at radius 1 is 0.963 bits per heavy atom. The highest BCUT2D eigenvalue weighted by Gasteiger charge is 2.11. The number of aliphatic hydroxyl groups excluding tert-OH is 1. The van der Waals surface area contributed by atoms with Gasteiger partial charge in [0.25, 0.3) is 0 Å². The molecule has 0 unspecified atom stereocenters. The minimum Gasteiger partial charge on any atom is -0.502 e. The fourth-order valence-electron chi connectivity index (χ4n) is 2.78. The maximum atomic E-state index is 11.6. The summed E-state index contributed by atoms with van der Waals surface area (Å²) in [7, 11) is 0. The predicted molar refractivity (Wildman–Crippen MR) is 100 cm³/mol. The van der Waals surface area contributed by atoms with Crippen LogP contribution in [0.15, 0.2) is 63.8 Å². The summed E-state index contributed by atoms with van der Waals surface area (Å²) in [6.07, 6.45) is 0.897. The van der Waals surface area contributed by atoms with Crippen molar-refractivity contribution >= 4 is 5.91 Å². The summed E-state index contributed by atoms with van der Waals surface area (Å²) >= 11 is 0. The monoisotopic (exact) mass is 365 g/mol. The molecule has 0 atom stereocenters. The molecular formula is C21H19NO5. The van der Waals surface area contributed by atoms with Gasteiger partial charge in [-0.3, -0.25) is 9.59 Å². The lowest BCUT2D eigenvalue weighted by molar-refractivity contribution is 0.100. The third-order valence-electron chi connectivity index (χ3n) is 4.30. The van der Waals surface area contributed by atoms with Gasteiger partial charge in [0, 0.05) is 18.1 Å². The van der Waals surface area contributed by atoms with E-state index >= 15 is 0 Å². The Labute approximate surface area is 155 Å². The van der Waals surface area contributed by atoms with Crippen LogP contribution in [-0.4, -0.2) is 16.1 Å². The summed E-state index contributed by atoms with van der Waals surface area (Å²) in [6.45, 7) is -0.397. The number of nitrogens with two attached hydrogens (primary N) is 1. The van der Waals surface area contributed by atoms with Gasteiger partial charge in [-0.1, -0.05) is 36.4 Å². The molecule has 0 aliphatic carbocycles. The number of hydrogen-bond donors (Lipinski definition) is 3. The van der Waals surface area contributed by atoms with Gasteiger partial charge < -0.3 is 20.4 Å². The second kappa shape index (κ2) is 7.88. The SMILES string of the molecule is NC(=O)c1ccc(-c2ccc(CCc3oc(CO)cc(=O)c3O)cc2)cc1. The highest BCUT2D eigenvalue weighted by Crippen LogP contribution is 2.22. The van der Waals surface area contributed by atoms with E-state index in [1.165, 1.54) is 0 Å². The van der Waals surface area contributed by atoms with Crippen molar-refractivity contribution in [1.29, 1.82) is 0 Å². The van der Waals surface area contributed by atoms with Crippen LogP contribution >= 0.6 is 0 Å². The van der Waals surface area contributed by atoms with Crippen LogP contribution in [-0.2, 0) is 19.4 Å². The lowest BCUT2D eigenvalue weighted by Crippen LogP contribution is -2.10. The topological polar surface area (TPSA) is 114 Å². The Morgan fingerprint density at radius 2 is 1.56 bits per heavy atom. The molecule has 27 heavy (non-hydrogen) atoms. The summed E-state index contributed by atoms with van der Waals surface area (Å²) in [5.74, 6) is -0.587. The molecule has 3 aromatic rings. The zero-order valence-electron chi connectivity index (χ0n) is 14.5. The van der Waals surface area contributed by atoms with Crippen LogP contribution in [0, 0.1) is 0 Å². The van der Waals surface area contributed by atoms with Gasteiger partial charge in [-0.2, -0.15) is 0 Å². The van der Waals surface area contributed by atoms with E-state index in [0.717, 1.165) is 22.8 Å². The van der Waals surface area contributed by atoms with Crippen LogP contribution in [0.3, 0.4) is 0 Å². The zero-order valence-corrected chi connectivity index (χ0v) is 14.5. The van der Waals surface area contributed by atoms with Gasteiger partial charge in [0.1, 0.15) is 18.1 Å². The van der Waals surface area contributed by atoms with E-state index in [-0.39, 0.29) is 11.5 Å². The molecule has 1 heterocycles. The average molecular weight is 365 g/mol. The van der Waals surface area contributed by atoms with E-state index < -0.39 is 23.7 Å². The van der Waals surface area contributed by atoms with Gasteiger partial charge in [0.05, 0.1) is 0 Å². The fourth-order valence-corrected chi connectivity index (χ4v) is 2.78. The molecular weight excluding hydrogens is 346 g/mol. The standard InChI is InChI=1S/C21H19NO5/c22-21(26)16-8-6-15(7-9-16)14-4-1-13(2-5-14)3-10-19-20(25)18(24)11-17(12-23)27-19/h1-2,4-9,11,23,25H,3,10,12H2,(H2,22,26). The van der Waals surface area contributed by atoms with Gasteiger partial charge in [-0.25, -0.2) is 0 Å². The van der Waals surface area contributed by atoms with Crippen LogP contribution < -0.4 is 11.2 Å². The van der Waals surface area contributed by atoms with E-state index in [1.54, 1.807) is 12.1 Å². The number of aromatic hydroxyl groups is 1. The lowest BCUT2D eigenvalue weighted by Gasteiger charge is -2.07. The largest absolute Gasteiger partial charge is 0.502 e. The molecule has 2 aromatic carbocycles. The van der Waals surface area contributed by atoms with E-state index in [9.17, 15) is 14.7 Å². The Morgan fingerprint density at radius 3 is 2.11 bits per heavy atom. The van der Waals surface area contributed by atoms with Crippen LogP contribution in [0.2, 0.25) is 0 Å². The van der Waals surface area contributed by atoms with E-state index in [4.69, 9.17) is 15.3 Å². The van der Waals surface area contributed by atoms with Gasteiger partial charge >= 0.3 is 0 Å². The smallest absolute Gasteiger partial charge is 0.248 e. The third-order valence-corrected chi connectivity index (χ3v) is 4.30. The zero-order chi connectivity index (χ0) is 19.4. The molecule has 6 nitrogen and oxygen atoms in total. The molecule has 0 bridgehead atoms. The predicted octanol–water partition coefficient (Wildman–Crippen LogP) is 2.39. The van der Waals surface area contributed by atoms with Gasteiger partial charge in [-0.05, 0) is 35.2 Å². The fraction of sp³-hybridized carbons (Fsp3) is 0.143. The highest BCUT2D eigenvalue weighted by molar-refractivity contribution is 5.93. The molecule has 0 spiro atoms. The summed E-state index contributed by atoms with van der Waals surface area (Å²) in [5.41, 5.74) is 8.10. The Bertz CT molecular complexity index is 1000. The van der Waals surface area contributed by atoms with Crippen molar-refractivity contribution in [2.24, 2.45) is 5.73 Å². The van der Waals surface area contributed by atoms with E-state index in [2.05, 4.69) is 0 Å². The summed E-state index contributed by atoms with van der Waals surface area (Å²) < 4.78 is 5.35. The summed E-state index contributed by atoms with van der Waals surface area (Å²) in [5, 5.41) is 18.9. The number of benzene rings is 2. The van der Waals surface area contributed by atoms with Gasteiger partial charge in [0.15, 0.2) is 0 Å². The number of rotatable bonds is 6. The van der Waals surface area contributed by atoms with Crippen molar-refractivity contribution in [2.75, 3.05) is 0 Å². The molecule has 6 heteroatoms. The molecule has 1 amide bonds. The highest BCUT2D eigenvalue weighted by atomic mass is 16.4. The molecule has 0 saturated heterocycles. The lowest BCUT2D eigenvalue weighted by atomic mass is 10.0. The van der Waals surface area contributed by atoms with Crippen molar-refractivity contribution in [2.45, 2.75) is 19.4 Å². The molecule has 0 aliphatic heterocycles. The second-order valence-electron chi connectivity index (χ2n) is 6.15. The molecule has 1 aromatic heterocycles. The minimum absolute atomic E-state index is 0.127. The molecule has 0 saturated carbocycles. The number of aliphatic hydroxyl groups is 1. The van der Waals surface area contributed by atoms with Crippen LogP contribution in [0.25, 0.3) is 11.1 Å². The average Bonchev–Trinajstić information content (AvgIpc) is 2.69. The van der Waals surface area contributed by atoms with Crippen LogP contribution in [0.1, 0.15) is 27.4 Å². The van der Waals surface area contributed by atoms with Crippen molar-refractivity contribution in [1.82, 2.24) is 0 Å². The Balaban J connectivity index is 1.72. The van der Waals surface area contributed by atoms with Crippen molar-refractivity contribution in [3.8, 4) is 16.9 Å². The third kappa shape index (κ3) is 4.24. The first-order valence-corrected chi connectivity index (χ1v) is 8.43. The maximum Gasteiger partial charge on any atom is 0.248 e. The number of amides is 1. The van der Waals surface area contributed by atoms with Gasteiger partial charge in [-0.15, -0.1) is 0 Å². The molecule has 4 N–H and O–H groups in total. The van der Waals surface area contributed by atoms with Crippen LogP contribution in [0.4, 0.5) is 0 Å². The minimum atomic E-state index is -0.560. The molecule has 0 fully saturated rings. The van der Waals surface area contributed by atoms with Crippen molar-refractivity contribution in [3.63, 3.8) is 0 Å². The summed E-state index contributed by atoms with van der Waals surface area (Å²) in [4.78, 5) is 22.8. The Kier molecular flexibility index (Phi) is 5.38. The quantitative estimate of drug-likeness (QED) is 0.621. The van der Waals surface area contributed by atoms with E-state index in [1.807, 2.05) is 36.4 Å². The van der Waals surface area contributed by atoms with Crippen LogP contribution in [0.5, 0.6) is 5.75 Å². The first-order chi connectivity index (χ1) is 13.0. The number of primary amides is 1. The number of hydrogen-bond acceptors (Lipinski definition) is 5. The molecule has 0 aliphatic rings. The first kappa shape index (κ1) is 18.4. The molecule has 0 radical (unpaired) electrons. The van der Waals surface area contributed by atoms with E-state index in [0.29, 0.717) is 18.4 Å². The molecule has 138 valence electrons.